The van der Waals surface area contributed by atoms with Crippen LogP contribution in [0.25, 0.3) is 10.8 Å². The van der Waals surface area contributed by atoms with Crippen LogP contribution in [0.2, 0.25) is 0 Å². The minimum absolute atomic E-state index is 0.0356. The molecule has 2 heteroatoms. The van der Waals surface area contributed by atoms with Gasteiger partial charge in [-0.3, -0.25) is 0 Å². The summed E-state index contributed by atoms with van der Waals surface area (Å²) in [4.78, 5) is 0. The maximum atomic E-state index is 10.9. The number of hydrogen-bond donors (Lipinski definition) is 2. The third-order valence-corrected chi connectivity index (χ3v) is 4.82. The number of nitrogens with one attached hydrogen (secondary N) is 1. The van der Waals surface area contributed by atoms with E-state index >= 15 is 0 Å². The Morgan fingerprint density at radius 3 is 2.23 bits per heavy atom. The van der Waals surface area contributed by atoms with Crippen molar-refractivity contribution in [2.75, 3.05) is 7.05 Å². The van der Waals surface area contributed by atoms with Crippen molar-refractivity contribution in [3.05, 3.63) is 83.4 Å². The molecule has 0 heterocycles. The fourth-order valence-corrected chi connectivity index (χ4v) is 3.86. The number of aliphatic hydroxyl groups excluding tert-OH is 1. The Bertz CT molecular complexity index is 807. The highest BCUT2D eigenvalue weighted by molar-refractivity contribution is 5.92. The molecule has 0 saturated carbocycles. The highest BCUT2D eigenvalue weighted by atomic mass is 16.3. The summed E-state index contributed by atoms with van der Waals surface area (Å²) in [5.74, 6) is 0.0356. The molecule has 1 aliphatic carbocycles. The van der Waals surface area contributed by atoms with Gasteiger partial charge in [0, 0.05) is 12.0 Å². The Morgan fingerprint density at radius 1 is 0.864 bits per heavy atom. The molecule has 0 saturated heterocycles. The van der Waals surface area contributed by atoms with Crippen LogP contribution in [0.15, 0.2) is 66.7 Å². The molecule has 4 rings (SSSR count). The first-order chi connectivity index (χ1) is 10.8. The van der Waals surface area contributed by atoms with Gasteiger partial charge in [0.25, 0.3) is 0 Å². The molecule has 0 spiro atoms. The van der Waals surface area contributed by atoms with Crippen molar-refractivity contribution >= 4 is 10.8 Å². The lowest BCUT2D eigenvalue weighted by atomic mass is 9.86. The van der Waals surface area contributed by atoms with Crippen LogP contribution >= 0.6 is 0 Å². The Morgan fingerprint density at radius 2 is 1.55 bits per heavy atom. The quantitative estimate of drug-likeness (QED) is 0.765. The first-order valence-electron chi connectivity index (χ1n) is 7.73. The average molecular weight is 289 g/mol. The van der Waals surface area contributed by atoms with Gasteiger partial charge in [0.1, 0.15) is 0 Å². The van der Waals surface area contributed by atoms with Gasteiger partial charge in [-0.25, -0.2) is 0 Å². The van der Waals surface area contributed by atoms with Crippen LogP contribution in [0.3, 0.4) is 0 Å². The minimum Gasteiger partial charge on any atom is -0.388 e. The summed E-state index contributed by atoms with van der Waals surface area (Å²) >= 11 is 0. The van der Waals surface area contributed by atoms with Crippen molar-refractivity contribution in [2.24, 2.45) is 0 Å². The van der Waals surface area contributed by atoms with Crippen LogP contribution in [0.4, 0.5) is 0 Å². The second-order valence-electron chi connectivity index (χ2n) is 5.94. The van der Waals surface area contributed by atoms with E-state index in [0.29, 0.717) is 0 Å². The van der Waals surface area contributed by atoms with E-state index in [1.807, 2.05) is 25.2 Å². The summed E-state index contributed by atoms with van der Waals surface area (Å²) in [5, 5.41) is 16.8. The van der Waals surface area contributed by atoms with E-state index in [0.717, 1.165) is 5.56 Å². The number of aliphatic hydroxyl groups is 1. The molecule has 0 aliphatic heterocycles. The highest BCUT2D eigenvalue weighted by Crippen LogP contribution is 2.50. The average Bonchev–Trinajstić information content (AvgIpc) is 2.85. The van der Waals surface area contributed by atoms with Gasteiger partial charge in [-0.1, -0.05) is 66.7 Å². The monoisotopic (exact) mass is 289 g/mol. The molecule has 3 aromatic carbocycles. The standard InChI is InChI=1S/C20H19NO/c1-21-19(14-7-3-2-4-8-14)18-15-11-5-9-13-10-6-12-16(17(13)15)20(18)22/h2-12,18-22H,1H3/t18-,19+,20+/m0/s1. The van der Waals surface area contributed by atoms with Gasteiger partial charge in [-0.2, -0.15) is 0 Å². The van der Waals surface area contributed by atoms with E-state index in [4.69, 9.17) is 0 Å². The van der Waals surface area contributed by atoms with Crippen LogP contribution in [-0.4, -0.2) is 12.2 Å². The molecular formula is C20H19NO. The molecule has 110 valence electrons. The predicted octanol–water partition coefficient (Wildman–Crippen LogP) is 3.93. The molecule has 0 aromatic heterocycles. The molecule has 2 N–H and O–H groups in total. The summed E-state index contributed by atoms with van der Waals surface area (Å²) in [6.07, 6.45) is -0.473. The molecule has 0 unspecified atom stereocenters. The van der Waals surface area contributed by atoms with Gasteiger partial charge in [0.15, 0.2) is 0 Å². The number of rotatable bonds is 3. The SMILES string of the molecule is CN[C@H](c1ccccc1)[C@@H]1c2cccc3cccc(c23)[C@H]1O. The Kier molecular flexibility index (Phi) is 3.21. The molecule has 3 aromatic rings. The molecule has 0 fully saturated rings. The van der Waals surface area contributed by atoms with E-state index in [1.165, 1.54) is 21.9 Å². The molecule has 0 radical (unpaired) electrons. The zero-order chi connectivity index (χ0) is 15.1. The molecule has 3 atom stereocenters. The van der Waals surface area contributed by atoms with E-state index in [-0.39, 0.29) is 12.0 Å². The second kappa shape index (κ2) is 5.24. The Balaban J connectivity index is 1.89. The fourth-order valence-electron chi connectivity index (χ4n) is 3.86. The molecular weight excluding hydrogens is 270 g/mol. The van der Waals surface area contributed by atoms with Crippen molar-refractivity contribution in [1.82, 2.24) is 5.32 Å². The summed E-state index contributed by atoms with van der Waals surface area (Å²) in [6.45, 7) is 0. The van der Waals surface area contributed by atoms with Gasteiger partial charge in [-0.05, 0) is 34.5 Å². The number of benzene rings is 3. The van der Waals surface area contributed by atoms with Crippen molar-refractivity contribution in [1.29, 1.82) is 0 Å². The van der Waals surface area contributed by atoms with Gasteiger partial charge < -0.3 is 10.4 Å². The first-order valence-corrected chi connectivity index (χ1v) is 7.73. The van der Waals surface area contributed by atoms with Crippen LogP contribution in [0.1, 0.15) is 34.8 Å². The number of likely N-dealkylation sites (N-methyl/N-ethyl adjacent to an activating group) is 1. The van der Waals surface area contributed by atoms with Crippen molar-refractivity contribution in [3.8, 4) is 0 Å². The topological polar surface area (TPSA) is 32.3 Å². The molecule has 2 nitrogen and oxygen atoms in total. The Labute approximate surface area is 130 Å². The largest absolute Gasteiger partial charge is 0.388 e. The van der Waals surface area contributed by atoms with Crippen molar-refractivity contribution in [2.45, 2.75) is 18.1 Å². The van der Waals surface area contributed by atoms with Crippen molar-refractivity contribution in [3.63, 3.8) is 0 Å². The lowest BCUT2D eigenvalue weighted by Gasteiger charge is -2.27. The third kappa shape index (κ3) is 1.88. The Hall–Kier alpha value is -2.16. The highest BCUT2D eigenvalue weighted by Gasteiger charge is 2.38. The summed E-state index contributed by atoms with van der Waals surface area (Å²) in [6, 6.07) is 23.0. The first kappa shape index (κ1) is 13.5. The van der Waals surface area contributed by atoms with Gasteiger partial charge >= 0.3 is 0 Å². The smallest absolute Gasteiger partial charge is 0.0883 e. The number of hydrogen-bond acceptors (Lipinski definition) is 2. The predicted molar refractivity (Wildman–Crippen MR) is 89.9 cm³/mol. The van der Waals surface area contributed by atoms with Gasteiger partial charge in [-0.15, -0.1) is 0 Å². The zero-order valence-corrected chi connectivity index (χ0v) is 12.5. The lowest BCUT2D eigenvalue weighted by molar-refractivity contribution is 0.134. The molecule has 22 heavy (non-hydrogen) atoms. The second-order valence-corrected chi connectivity index (χ2v) is 5.94. The lowest BCUT2D eigenvalue weighted by Crippen LogP contribution is -2.26. The van der Waals surface area contributed by atoms with Crippen molar-refractivity contribution < 1.29 is 5.11 Å². The van der Waals surface area contributed by atoms with Gasteiger partial charge in [0.05, 0.1) is 6.10 Å². The van der Waals surface area contributed by atoms with Crippen LogP contribution < -0.4 is 5.32 Å². The van der Waals surface area contributed by atoms with Crippen LogP contribution in [0.5, 0.6) is 0 Å². The molecule has 0 amide bonds. The maximum Gasteiger partial charge on any atom is 0.0883 e. The van der Waals surface area contributed by atoms with E-state index in [2.05, 4.69) is 53.8 Å². The summed E-state index contributed by atoms with van der Waals surface area (Å²) < 4.78 is 0. The molecule has 1 aliphatic rings. The van der Waals surface area contributed by atoms with Crippen LogP contribution in [-0.2, 0) is 0 Å². The summed E-state index contributed by atoms with van der Waals surface area (Å²) in [5.41, 5.74) is 3.50. The molecule has 0 bridgehead atoms. The van der Waals surface area contributed by atoms with E-state index < -0.39 is 6.10 Å². The van der Waals surface area contributed by atoms with E-state index in [9.17, 15) is 5.11 Å². The van der Waals surface area contributed by atoms with E-state index in [1.54, 1.807) is 0 Å². The van der Waals surface area contributed by atoms with Gasteiger partial charge in [0.2, 0.25) is 0 Å². The maximum absolute atomic E-state index is 10.9. The zero-order valence-electron chi connectivity index (χ0n) is 12.5. The third-order valence-electron chi connectivity index (χ3n) is 4.82. The minimum atomic E-state index is -0.473. The normalized spacial score (nSPS) is 21.2. The fraction of sp³-hybridized carbons (Fsp3) is 0.200. The van der Waals surface area contributed by atoms with Crippen LogP contribution in [0, 0.1) is 0 Å². The summed E-state index contributed by atoms with van der Waals surface area (Å²) in [7, 11) is 1.97.